The SMILES string of the molecule is O=C(C[C@H]1NC(=O)N(Cc2ccccc2Cl)C1=O)Nc1cccc2ncccc12. The molecular weight excluding hydrogens is 392 g/mol. The van der Waals surface area contributed by atoms with Gasteiger partial charge in [-0.15, -0.1) is 0 Å². The first-order valence-corrected chi connectivity index (χ1v) is 9.39. The molecule has 1 aliphatic heterocycles. The number of carbonyl (C=O) groups excluding carboxylic acids is 3. The molecule has 4 rings (SSSR count). The second-order valence-corrected chi connectivity index (χ2v) is 7.05. The highest BCUT2D eigenvalue weighted by Gasteiger charge is 2.39. The van der Waals surface area contributed by atoms with Crippen LogP contribution >= 0.6 is 11.6 Å². The minimum absolute atomic E-state index is 0.0530. The fourth-order valence-electron chi connectivity index (χ4n) is 3.26. The molecule has 3 aromatic rings. The maximum Gasteiger partial charge on any atom is 0.325 e. The largest absolute Gasteiger partial charge is 0.325 e. The molecule has 1 saturated heterocycles. The fourth-order valence-corrected chi connectivity index (χ4v) is 3.46. The lowest BCUT2D eigenvalue weighted by molar-refractivity contribution is -0.130. The molecule has 0 spiro atoms. The molecule has 2 aromatic carbocycles. The van der Waals surface area contributed by atoms with Gasteiger partial charge in [-0.25, -0.2) is 4.79 Å². The third kappa shape index (κ3) is 3.90. The summed E-state index contributed by atoms with van der Waals surface area (Å²) >= 11 is 6.12. The molecule has 8 heteroatoms. The summed E-state index contributed by atoms with van der Waals surface area (Å²) in [6.45, 7) is 0.0530. The maximum absolute atomic E-state index is 12.6. The van der Waals surface area contributed by atoms with E-state index in [1.54, 1.807) is 48.7 Å². The van der Waals surface area contributed by atoms with Gasteiger partial charge in [-0.3, -0.25) is 19.5 Å². The first-order valence-electron chi connectivity index (χ1n) is 9.02. The van der Waals surface area contributed by atoms with E-state index in [1.165, 1.54) is 0 Å². The molecule has 29 heavy (non-hydrogen) atoms. The number of nitrogens with zero attached hydrogens (tertiary/aromatic N) is 2. The average molecular weight is 409 g/mol. The second-order valence-electron chi connectivity index (χ2n) is 6.65. The molecule has 0 unspecified atom stereocenters. The van der Waals surface area contributed by atoms with Crippen molar-refractivity contribution in [1.29, 1.82) is 0 Å². The van der Waals surface area contributed by atoms with Crippen molar-refractivity contribution in [2.75, 3.05) is 5.32 Å². The highest BCUT2D eigenvalue weighted by Crippen LogP contribution is 2.23. The first kappa shape index (κ1) is 18.9. The van der Waals surface area contributed by atoms with E-state index in [0.717, 1.165) is 15.8 Å². The van der Waals surface area contributed by atoms with Gasteiger partial charge in [0, 0.05) is 16.6 Å². The molecule has 2 N–H and O–H groups in total. The van der Waals surface area contributed by atoms with Crippen LogP contribution in [0.2, 0.25) is 5.02 Å². The Bertz CT molecular complexity index is 1110. The lowest BCUT2D eigenvalue weighted by Gasteiger charge is -2.14. The lowest BCUT2D eigenvalue weighted by Crippen LogP contribution is -2.34. The number of hydrogen-bond acceptors (Lipinski definition) is 4. The van der Waals surface area contributed by atoms with Crippen LogP contribution in [0.25, 0.3) is 10.9 Å². The van der Waals surface area contributed by atoms with Crippen molar-refractivity contribution in [3.63, 3.8) is 0 Å². The standard InChI is InChI=1S/C21H17ClN4O3/c22-15-7-2-1-5-13(15)12-26-20(28)18(25-21(26)29)11-19(27)24-17-9-3-8-16-14(17)6-4-10-23-16/h1-10,18H,11-12H2,(H,24,27)(H,25,29)/t18-/m1/s1. The molecule has 146 valence electrons. The summed E-state index contributed by atoms with van der Waals surface area (Å²) in [4.78, 5) is 42.7. The van der Waals surface area contributed by atoms with E-state index in [1.807, 2.05) is 12.1 Å². The number of benzene rings is 2. The Balaban J connectivity index is 1.44. The summed E-state index contributed by atoms with van der Waals surface area (Å²) < 4.78 is 0. The normalized spacial score (nSPS) is 16.2. The monoisotopic (exact) mass is 408 g/mol. The number of carbonyl (C=O) groups is 3. The summed E-state index contributed by atoms with van der Waals surface area (Å²) in [5.74, 6) is -0.829. The molecule has 1 aromatic heterocycles. The maximum atomic E-state index is 12.6. The van der Waals surface area contributed by atoms with Crippen LogP contribution in [0.15, 0.2) is 60.8 Å². The van der Waals surface area contributed by atoms with E-state index in [2.05, 4.69) is 15.6 Å². The van der Waals surface area contributed by atoms with Crippen LogP contribution < -0.4 is 10.6 Å². The zero-order valence-corrected chi connectivity index (χ0v) is 16.0. The highest BCUT2D eigenvalue weighted by atomic mass is 35.5. The van der Waals surface area contributed by atoms with Gasteiger partial charge in [0.25, 0.3) is 5.91 Å². The topological polar surface area (TPSA) is 91.4 Å². The molecule has 0 bridgehead atoms. The Labute approximate surface area is 171 Å². The molecule has 4 amide bonds. The van der Waals surface area contributed by atoms with Crippen molar-refractivity contribution in [2.24, 2.45) is 0 Å². The van der Waals surface area contributed by atoms with Crippen molar-refractivity contribution in [3.8, 4) is 0 Å². The van der Waals surface area contributed by atoms with Crippen LogP contribution in [0.5, 0.6) is 0 Å². The van der Waals surface area contributed by atoms with Crippen molar-refractivity contribution in [2.45, 2.75) is 19.0 Å². The molecule has 0 aliphatic carbocycles. The van der Waals surface area contributed by atoms with Crippen molar-refractivity contribution in [1.82, 2.24) is 15.2 Å². The van der Waals surface area contributed by atoms with Crippen LogP contribution in [0.3, 0.4) is 0 Å². The van der Waals surface area contributed by atoms with Crippen LogP contribution in [0.4, 0.5) is 10.5 Å². The van der Waals surface area contributed by atoms with Crippen LogP contribution in [-0.2, 0) is 16.1 Å². The third-order valence-electron chi connectivity index (χ3n) is 4.70. The molecule has 7 nitrogen and oxygen atoms in total. The first-order chi connectivity index (χ1) is 14.0. The number of rotatable bonds is 5. The van der Waals surface area contributed by atoms with Crippen molar-refractivity contribution >= 4 is 46.0 Å². The highest BCUT2D eigenvalue weighted by molar-refractivity contribution is 6.31. The third-order valence-corrected chi connectivity index (χ3v) is 5.07. The molecule has 0 radical (unpaired) electrons. The summed E-state index contributed by atoms with van der Waals surface area (Å²) in [6, 6.07) is 14.6. The van der Waals surface area contributed by atoms with E-state index in [9.17, 15) is 14.4 Å². The van der Waals surface area contributed by atoms with Crippen LogP contribution in [0.1, 0.15) is 12.0 Å². The van der Waals surface area contributed by atoms with E-state index < -0.39 is 18.0 Å². The van der Waals surface area contributed by atoms with Crippen LogP contribution in [0, 0.1) is 0 Å². The predicted octanol–water partition coefficient (Wildman–Crippen LogP) is 3.34. The van der Waals surface area contributed by atoms with Crippen molar-refractivity contribution in [3.05, 3.63) is 71.4 Å². The number of pyridine rings is 1. The summed E-state index contributed by atoms with van der Waals surface area (Å²) in [5, 5.41) is 6.64. The number of aromatic nitrogens is 1. The minimum Gasteiger partial charge on any atom is -0.325 e. The van der Waals surface area contributed by atoms with E-state index >= 15 is 0 Å². The number of amides is 4. The molecule has 1 fully saturated rings. The van der Waals surface area contributed by atoms with E-state index in [0.29, 0.717) is 16.3 Å². The van der Waals surface area contributed by atoms with Gasteiger partial charge in [0.15, 0.2) is 0 Å². The summed E-state index contributed by atoms with van der Waals surface area (Å²) in [5.41, 5.74) is 2.01. The van der Waals surface area contributed by atoms with Gasteiger partial charge in [0.1, 0.15) is 6.04 Å². The van der Waals surface area contributed by atoms with Gasteiger partial charge in [-0.05, 0) is 35.9 Å². The van der Waals surface area contributed by atoms with Gasteiger partial charge >= 0.3 is 6.03 Å². The predicted molar refractivity (Wildman–Crippen MR) is 109 cm³/mol. The van der Waals surface area contributed by atoms with Gasteiger partial charge in [-0.2, -0.15) is 0 Å². The smallest absolute Gasteiger partial charge is 0.325 e. The number of fused-ring (bicyclic) bond motifs is 1. The van der Waals surface area contributed by atoms with Gasteiger partial charge in [0.05, 0.1) is 24.2 Å². The Morgan fingerprint density at radius 3 is 2.76 bits per heavy atom. The van der Waals surface area contributed by atoms with Gasteiger partial charge in [0.2, 0.25) is 5.91 Å². The number of imide groups is 1. The average Bonchev–Trinajstić information content (AvgIpc) is 2.97. The number of hydrogen-bond donors (Lipinski definition) is 2. The van der Waals surface area contributed by atoms with Crippen LogP contribution in [-0.4, -0.2) is 33.8 Å². The number of urea groups is 1. The fraction of sp³-hybridized carbons (Fsp3) is 0.143. The Kier molecular flexibility index (Phi) is 5.14. The van der Waals surface area contributed by atoms with Gasteiger partial charge < -0.3 is 10.6 Å². The number of anilines is 1. The van der Waals surface area contributed by atoms with Gasteiger partial charge in [-0.1, -0.05) is 35.9 Å². The lowest BCUT2D eigenvalue weighted by atomic mass is 10.1. The molecule has 2 heterocycles. The van der Waals surface area contributed by atoms with E-state index in [-0.39, 0.29) is 18.9 Å². The Morgan fingerprint density at radius 2 is 1.93 bits per heavy atom. The number of nitrogens with one attached hydrogen (secondary N) is 2. The Morgan fingerprint density at radius 1 is 1.10 bits per heavy atom. The zero-order valence-electron chi connectivity index (χ0n) is 15.3. The quantitative estimate of drug-likeness (QED) is 0.633. The molecule has 1 aliphatic rings. The molecular formula is C21H17ClN4O3. The minimum atomic E-state index is -0.918. The molecule has 0 saturated carbocycles. The number of halogens is 1. The Hall–Kier alpha value is -3.45. The van der Waals surface area contributed by atoms with E-state index in [4.69, 9.17) is 11.6 Å². The second kappa shape index (κ2) is 7.89. The summed E-state index contributed by atoms with van der Waals surface area (Å²) in [7, 11) is 0. The zero-order chi connectivity index (χ0) is 20.4. The van der Waals surface area contributed by atoms with Crippen molar-refractivity contribution < 1.29 is 14.4 Å². The summed E-state index contributed by atoms with van der Waals surface area (Å²) in [6.07, 6.45) is 1.51. The molecule has 1 atom stereocenters.